The smallest absolute Gasteiger partial charge is 0.249 e. The molecule has 1 heterocycles. The van der Waals surface area contributed by atoms with E-state index in [0.29, 0.717) is 0 Å². The second-order valence-corrected chi connectivity index (χ2v) is 3.36. The van der Waals surface area contributed by atoms with Crippen LogP contribution >= 0.6 is 0 Å². The van der Waals surface area contributed by atoms with Crippen molar-refractivity contribution in [3.05, 3.63) is 0 Å². The molecule has 1 saturated carbocycles. The van der Waals surface area contributed by atoms with Crippen LogP contribution in [0.1, 0.15) is 19.8 Å². The van der Waals surface area contributed by atoms with Crippen molar-refractivity contribution in [2.45, 2.75) is 25.3 Å². The maximum atomic E-state index is 11.3. The molecule has 0 radical (unpaired) electrons. The molecule has 3 nitrogen and oxygen atoms in total. The Morgan fingerprint density at radius 2 is 2.36 bits per heavy atom. The fourth-order valence-electron chi connectivity index (χ4n) is 1.82. The summed E-state index contributed by atoms with van der Waals surface area (Å²) in [5, 5.41) is 0. The van der Waals surface area contributed by atoms with Crippen molar-refractivity contribution >= 4 is 5.91 Å². The quantitative estimate of drug-likeness (QED) is 0.548. The Morgan fingerprint density at radius 1 is 1.64 bits per heavy atom. The summed E-state index contributed by atoms with van der Waals surface area (Å²) in [4.78, 5) is 13.3. The number of rotatable bonds is 1. The maximum absolute atomic E-state index is 11.3. The standard InChI is InChI=1S/C8H13NO2/c1-2-9-7(10)5-11-6-8(9)3-4-8/h2-6H2,1H3. The van der Waals surface area contributed by atoms with Crippen LogP contribution in [0.2, 0.25) is 0 Å². The number of likely N-dealkylation sites (N-methyl/N-ethyl adjacent to an activating group) is 1. The minimum Gasteiger partial charge on any atom is -0.369 e. The van der Waals surface area contributed by atoms with Crippen LogP contribution in [0.15, 0.2) is 0 Å². The van der Waals surface area contributed by atoms with E-state index < -0.39 is 0 Å². The number of amides is 1. The van der Waals surface area contributed by atoms with E-state index in [4.69, 9.17) is 4.74 Å². The highest BCUT2D eigenvalue weighted by Crippen LogP contribution is 2.43. The lowest BCUT2D eigenvalue weighted by atomic mass is 10.2. The molecule has 11 heavy (non-hydrogen) atoms. The van der Waals surface area contributed by atoms with Crippen LogP contribution in [0.4, 0.5) is 0 Å². The monoisotopic (exact) mass is 155 g/mol. The van der Waals surface area contributed by atoms with Gasteiger partial charge in [-0.1, -0.05) is 0 Å². The number of carbonyl (C=O) groups excluding carboxylic acids is 1. The Morgan fingerprint density at radius 3 is 2.82 bits per heavy atom. The second kappa shape index (κ2) is 2.21. The highest BCUT2D eigenvalue weighted by atomic mass is 16.5. The van der Waals surface area contributed by atoms with Crippen molar-refractivity contribution in [1.82, 2.24) is 4.90 Å². The molecule has 1 spiro atoms. The van der Waals surface area contributed by atoms with Crippen molar-refractivity contribution in [3.63, 3.8) is 0 Å². The summed E-state index contributed by atoms with van der Waals surface area (Å²) in [5.74, 6) is 0.163. The number of hydrogen-bond donors (Lipinski definition) is 0. The summed E-state index contributed by atoms with van der Waals surface area (Å²) >= 11 is 0. The van der Waals surface area contributed by atoms with E-state index in [-0.39, 0.29) is 18.1 Å². The summed E-state index contributed by atoms with van der Waals surface area (Å²) in [6.07, 6.45) is 2.26. The molecule has 0 bridgehead atoms. The van der Waals surface area contributed by atoms with E-state index in [2.05, 4.69) is 0 Å². The molecule has 0 N–H and O–H groups in total. The predicted molar refractivity (Wildman–Crippen MR) is 40.2 cm³/mol. The van der Waals surface area contributed by atoms with E-state index in [1.807, 2.05) is 11.8 Å². The number of ether oxygens (including phenoxy) is 1. The van der Waals surface area contributed by atoms with Gasteiger partial charge in [-0.25, -0.2) is 0 Å². The molecule has 62 valence electrons. The van der Waals surface area contributed by atoms with Crippen LogP contribution in [0.3, 0.4) is 0 Å². The van der Waals surface area contributed by atoms with Gasteiger partial charge in [0.1, 0.15) is 6.61 Å². The number of morpholine rings is 1. The minimum atomic E-state index is 0.129. The van der Waals surface area contributed by atoms with Gasteiger partial charge in [-0.3, -0.25) is 4.79 Å². The largest absolute Gasteiger partial charge is 0.369 e. The lowest BCUT2D eigenvalue weighted by Gasteiger charge is -2.35. The molecule has 3 heteroatoms. The first-order valence-electron chi connectivity index (χ1n) is 4.17. The van der Waals surface area contributed by atoms with Crippen LogP contribution in [0.25, 0.3) is 0 Å². The lowest BCUT2D eigenvalue weighted by molar-refractivity contribution is -0.149. The Labute approximate surface area is 66.3 Å². The van der Waals surface area contributed by atoms with Gasteiger partial charge in [0.25, 0.3) is 0 Å². The summed E-state index contributed by atoms with van der Waals surface area (Å²) in [7, 11) is 0. The van der Waals surface area contributed by atoms with Gasteiger partial charge in [-0.2, -0.15) is 0 Å². The van der Waals surface area contributed by atoms with Crippen LogP contribution in [-0.4, -0.2) is 36.1 Å². The number of hydrogen-bond acceptors (Lipinski definition) is 2. The third kappa shape index (κ3) is 0.948. The molecule has 0 atom stereocenters. The normalized spacial score (nSPS) is 27.7. The zero-order valence-electron chi connectivity index (χ0n) is 6.80. The summed E-state index contributed by atoms with van der Waals surface area (Å²) < 4.78 is 5.20. The van der Waals surface area contributed by atoms with Gasteiger partial charge in [-0.05, 0) is 19.8 Å². The molecule has 2 fully saturated rings. The molecule has 1 saturated heterocycles. The van der Waals surface area contributed by atoms with Crippen LogP contribution in [0.5, 0.6) is 0 Å². The van der Waals surface area contributed by atoms with Crippen LogP contribution in [-0.2, 0) is 9.53 Å². The maximum Gasteiger partial charge on any atom is 0.249 e. The minimum absolute atomic E-state index is 0.129. The predicted octanol–water partition coefficient (Wildman–Crippen LogP) is 0.398. The number of carbonyl (C=O) groups is 1. The second-order valence-electron chi connectivity index (χ2n) is 3.36. The fraction of sp³-hybridized carbons (Fsp3) is 0.875. The van der Waals surface area contributed by atoms with Crippen LogP contribution < -0.4 is 0 Å². The molecule has 0 aromatic carbocycles. The summed E-state index contributed by atoms with van der Waals surface area (Å²) in [5.41, 5.74) is 0.129. The molecule has 2 rings (SSSR count). The Kier molecular flexibility index (Phi) is 1.42. The first-order chi connectivity index (χ1) is 5.28. The Balaban J connectivity index is 2.14. The molecular formula is C8H13NO2. The first kappa shape index (κ1) is 7.10. The fourth-order valence-corrected chi connectivity index (χ4v) is 1.82. The lowest BCUT2D eigenvalue weighted by Crippen LogP contribution is -2.51. The molecule has 0 aromatic heterocycles. The molecule has 0 unspecified atom stereocenters. The SMILES string of the molecule is CCN1C(=O)COCC12CC2. The first-order valence-corrected chi connectivity index (χ1v) is 4.17. The highest BCUT2D eigenvalue weighted by molar-refractivity contribution is 5.79. The Bertz CT molecular complexity index is 187. The summed E-state index contributed by atoms with van der Waals surface area (Å²) in [6.45, 7) is 3.91. The van der Waals surface area contributed by atoms with Gasteiger partial charge in [0.2, 0.25) is 5.91 Å². The van der Waals surface area contributed by atoms with Crippen molar-refractivity contribution in [1.29, 1.82) is 0 Å². The third-order valence-corrected chi connectivity index (χ3v) is 2.61. The van der Waals surface area contributed by atoms with E-state index in [1.54, 1.807) is 0 Å². The van der Waals surface area contributed by atoms with Gasteiger partial charge in [0.05, 0.1) is 12.1 Å². The van der Waals surface area contributed by atoms with Gasteiger partial charge >= 0.3 is 0 Å². The van der Waals surface area contributed by atoms with E-state index in [9.17, 15) is 4.79 Å². The van der Waals surface area contributed by atoms with Crippen molar-refractivity contribution in [2.24, 2.45) is 0 Å². The average molecular weight is 155 g/mol. The number of nitrogens with zero attached hydrogens (tertiary/aromatic N) is 1. The third-order valence-electron chi connectivity index (χ3n) is 2.61. The topological polar surface area (TPSA) is 29.5 Å². The molecule has 1 amide bonds. The van der Waals surface area contributed by atoms with Crippen molar-refractivity contribution < 1.29 is 9.53 Å². The Hall–Kier alpha value is -0.570. The van der Waals surface area contributed by atoms with Gasteiger partial charge in [0.15, 0.2) is 0 Å². The zero-order valence-corrected chi connectivity index (χ0v) is 6.80. The van der Waals surface area contributed by atoms with Crippen molar-refractivity contribution in [3.8, 4) is 0 Å². The van der Waals surface area contributed by atoms with E-state index >= 15 is 0 Å². The molecule has 1 aliphatic heterocycles. The molecule has 0 aromatic rings. The zero-order chi connectivity index (χ0) is 7.90. The van der Waals surface area contributed by atoms with Gasteiger partial charge < -0.3 is 9.64 Å². The average Bonchev–Trinajstić information content (AvgIpc) is 2.70. The van der Waals surface area contributed by atoms with E-state index in [1.165, 1.54) is 0 Å². The van der Waals surface area contributed by atoms with E-state index in [0.717, 1.165) is 26.0 Å². The highest BCUT2D eigenvalue weighted by Gasteiger charge is 2.51. The van der Waals surface area contributed by atoms with Gasteiger partial charge in [0, 0.05) is 6.54 Å². The van der Waals surface area contributed by atoms with Crippen LogP contribution in [0, 0.1) is 0 Å². The molecule has 1 aliphatic carbocycles. The van der Waals surface area contributed by atoms with Gasteiger partial charge in [-0.15, -0.1) is 0 Å². The molecular weight excluding hydrogens is 142 g/mol. The van der Waals surface area contributed by atoms with Crippen molar-refractivity contribution in [2.75, 3.05) is 19.8 Å². The molecule has 2 aliphatic rings. The summed E-state index contributed by atoms with van der Waals surface area (Å²) in [6, 6.07) is 0.